The van der Waals surface area contributed by atoms with Crippen molar-refractivity contribution in [1.82, 2.24) is 0 Å². The molecule has 4 heteroatoms. The molecule has 0 saturated carbocycles. The maximum Gasteiger partial charge on any atom is 0.310 e. The molecule has 1 rings (SSSR count). The first-order valence-corrected chi connectivity index (χ1v) is 4.49. The van der Waals surface area contributed by atoms with Gasteiger partial charge < -0.3 is 9.84 Å². The van der Waals surface area contributed by atoms with Crippen LogP contribution in [0.3, 0.4) is 0 Å². The van der Waals surface area contributed by atoms with Crippen molar-refractivity contribution in [2.75, 3.05) is 13.2 Å². The van der Waals surface area contributed by atoms with Crippen molar-refractivity contribution in [3.05, 3.63) is 0 Å². The fourth-order valence-electron chi connectivity index (χ4n) is 1.43. The lowest BCUT2D eigenvalue weighted by Gasteiger charge is -2.04. The number of ether oxygens (including phenoxy) is 1. The summed E-state index contributed by atoms with van der Waals surface area (Å²) < 4.78 is 5.14. The fourth-order valence-corrected chi connectivity index (χ4v) is 1.43. The second-order valence-electron chi connectivity index (χ2n) is 3.38. The first kappa shape index (κ1) is 10.2. The molecule has 0 radical (unpaired) electrons. The number of carbonyl (C=O) groups is 2. The molecule has 0 aromatic heterocycles. The number of Topliss-reactive ketones (excluding diaryl/α,β-unsaturated/α-hetero) is 1. The van der Waals surface area contributed by atoms with E-state index in [1.807, 2.05) is 0 Å². The molecule has 1 N–H and O–H groups in total. The molecule has 1 unspecified atom stereocenters. The highest BCUT2D eigenvalue weighted by atomic mass is 16.5. The number of hydrogen-bond donors (Lipinski definition) is 1. The Labute approximate surface area is 76.9 Å². The van der Waals surface area contributed by atoms with E-state index in [0.29, 0.717) is 12.3 Å². The molecule has 1 aliphatic heterocycles. The van der Waals surface area contributed by atoms with Gasteiger partial charge in [0.1, 0.15) is 12.2 Å². The summed E-state index contributed by atoms with van der Waals surface area (Å²) in [5.74, 6) is -0.759. The number of hydrogen-bond acceptors (Lipinski definition) is 3. The quantitative estimate of drug-likeness (QED) is 0.646. The molecule has 1 heterocycles. The summed E-state index contributed by atoms with van der Waals surface area (Å²) in [5, 5.41) is 8.33. The molecular weight excluding hydrogens is 172 g/mol. The molecule has 0 bridgehead atoms. The monoisotopic (exact) mass is 186 g/mol. The van der Waals surface area contributed by atoms with Gasteiger partial charge in [-0.1, -0.05) is 0 Å². The zero-order valence-electron chi connectivity index (χ0n) is 7.49. The van der Waals surface area contributed by atoms with Crippen molar-refractivity contribution < 1.29 is 19.4 Å². The SMILES string of the molecule is O=C(O)CC(=O)CCC1CCOC1. The number of carbonyl (C=O) groups excluding carboxylic acids is 1. The van der Waals surface area contributed by atoms with E-state index < -0.39 is 5.97 Å². The van der Waals surface area contributed by atoms with Gasteiger partial charge in [0.15, 0.2) is 0 Å². The highest BCUT2D eigenvalue weighted by molar-refractivity contribution is 5.94. The van der Waals surface area contributed by atoms with Crippen LogP contribution in [0, 0.1) is 5.92 Å². The van der Waals surface area contributed by atoms with Crippen LogP contribution in [-0.2, 0) is 14.3 Å². The van der Waals surface area contributed by atoms with Crippen LogP contribution in [0.2, 0.25) is 0 Å². The van der Waals surface area contributed by atoms with E-state index in [0.717, 1.165) is 26.1 Å². The van der Waals surface area contributed by atoms with Gasteiger partial charge in [-0.2, -0.15) is 0 Å². The highest BCUT2D eigenvalue weighted by Crippen LogP contribution is 2.18. The summed E-state index contributed by atoms with van der Waals surface area (Å²) in [7, 11) is 0. The van der Waals surface area contributed by atoms with Crippen LogP contribution in [0.4, 0.5) is 0 Å². The maximum absolute atomic E-state index is 11.0. The van der Waals surface area contributed by atoms with Gasteiger partial charge >= 0.3 is 5.97 Å². The molecule has 0 aliphatic carbocycles. The Morgan fingerprint density at radius 2 is 2.23 bits per heavy atom. The van der Waals surface area contributed by atoms with Gasteiger partial charge in [0.05, 0.1) is 0 Å². The molecule has 1 fully saturated rings. The highest BCUT2D eigenvalue weighted by Gasteiger charge is 2.17. The second kappa shape index (κ2) is 4.97. The Kier molecular flexibility index (Phi) is 3.89. The molecule has 1 atom stereocenters. The molecule has 0 spiro atoms. The number of ketones is 1. The van der Waals surface area contributed by atoms with Gasteiger partial charge in [-0.3, -0.25) is 9.59 Å². The van der Waals surface area contributed by atoms with Gasteiger partial charge in [0.25, 0.3) is 0 Å². The zero-order valence-corrected chi connectivity index (χ0v) is 7.49. The topological polar surface area (TPSA) is 63.6 Å². The summed E-state index contributed by atoms with van der Waals surface area (Å²) in [6.45, 7) is 1.50. The van der Waals surface area contributed by atoms with E-state index in [9.17, 15) is 9.59 Å². The molecule has 4 nitrogen and oxygen atoms in total. The van der Waals surface area contributed by atoms with E-state index in [4.69, 9.17) is 9.84 Å². The van der Waals surface area contributed by atoms with Crippen molar-refractivity contribution in [2.45, 2.75) is 25.7 Å². The Balaban J connectivity index is 2.10. The third kappa shape index (κ3) is 4.03. The minimum absolute atomic E-state index is 0.181. The fraction of sp³-hybridized carbons (Fsp3) is 0.778. The zero-order chi connectivity index (χ0) is 9.68. The Bertz CT molecular complexity index is 194. The van der Waals surface area contributed by atoms with Gasteiger partial charge in [0, 0.05) is 19.6 Å². The first-order valence-electron chi connectivity index (χ1n) is 4.49. The average Bonchev–Trinajstić information content (AvgIpc) is 2.51. The number of carboxylic acid groups (broad SMARTS) is 1. The third-order valence-electron chi connectivity index (χ3n) is 2.20. The Morgan fingerprint density at radius 1 is 1.46 bits per heavy atom. The minimum atomic E-state index is -1.03. The summed E-state index contributed by atoms with van der Waals surface area (Å²) in [6.07, 6.45) is 1.81. The molecule has 0 amide bonds. The van der Waals surface area contributed by atoms with Crippen LogP contribution in [0.1, 0.15) is 25.7 Å². The van der Waals surface area contributed by atoms with E-state index in [2.05, 4.69) is 0 Å². The van der Waals surface area contributed by atoms with Crippen LogP contribution in [0.25, 0.3) is 0 Å². The number of aliphatic carboxylic acids is 1. The molecule has 74 valence electrons. The summed E-state index contributed by atoms with van der Waals surface area (Å²) in [4.78, 5) is 21.1. The summed E-state index contributed by atoms with van der Waals surface area (Å²) in [5.41, 5.74) is 0. The Morgan fingerprint density at radius 3 is 2.77 bits per heavy atom. The predicted molar refractivity (Wildman–Crippen MR) is 45.4 cm³/mol. The minimum Gasteiger partial charge on any atom is -0.481 e. The van der Waals surface area contributed by atoms with Gasteiger partial charge in [0.2, 0.25) is 0 Å². The molecule has 0 aromatic rings. The third-order valence-corrected chi connectivity index (χ3v) is 2.20. The molecule has 13 heavy (non-hydrogen) atoms. The van der Waals surface area contributed by atoms with E-state index in [1.165, 1.54) is 0 Å². The lowest BCUT2D eigenvalue weighted by molar-refractivity contribution is -0.140. The van der Waals surface area contributed by atoms with E-state index in [-0.39, 0.29) is 12.2 Å². The standard InChI is InChI=1S/C9H14O4/c10-8(5-9(11)12)2-1-7-3-4-13-6-7/h7H,1-6H2,(H,11,12). The van der Waals surface area contributed by atoms with E-state index in [1.54, 1.807) is 0 Å². The van der Waals surface area contributed by atoms with Gasteiger partial charge in [-0.15, -0.1) is 0 Å². The van der Waals surface area contributed by atoms with Crippen molar-refractivity contribution in [2.24, 2.45) is 5.92 Å². The van der Waals surface area contributed by atoms with Crippen molar-refractivity contribution in [1.29, 1.82) is 0 Å². The normalized spacial score (nSPS) is 21.7. The summed E-state index contributed by atoms with van der Waals surface area (Å²) >= 11 is 0. The average molecular weight is 186 g/mol. The van der Waals surface area contributed by atoms with Crippen LogP contribution >= 0.6 is 0 Å². The lowest BCUT2D eigenvalue weighted by Crippen LogP contribution is -2.09. The van der Waals surface area contributed by atoms with Crippen LogP contribution in [0.15, 0.2) is 0 Å². The van der Waals surface area contributed by atoms with Crippen molar-refractivity contribution >= 4 is 11.8 Å². The predicted octanol–water partition coefficient (Wildman–Crippen LogP) is 0.847. The molecule has 1 saturated heterocycles. The molecule has 1 aliphatic rings. The Hall–Kier alpha value is -0.900. The van der Waals surface area contributed by atoms with E-state index >= 15 is 0 Å². The number of rotatable bonds is 5. The van der Waals surface area contributed by atoms with Crippen molar-refractivity contribution in [3.63, 3.8) is 0 Å². The maximum atomic E-state index is 11.0. The molecular formula is C9H14O4. The number of carboxylic acids is 1. The first-order chi connectivity index (χ1) is 6.18. The summed E-state index contributed by atoms with van der Waals surface area (Å²) in [6, 6.07) is 0. The molecule has 0 aromatic carbocycles. The van der Waals surface area contributed by atoms with Crippen LogP contribution in [-0.4, -0.2) is 30.1 Å². The smallest absolute Gasteiger partial charge is 0.310 e. The van der Waals surface area contributed by atoms with Crippen LogP contribution in [0.5, 0.6) is 0 Å². The lowest BCUT2D eigenvalue weighted by atomic mass is 10.0. The van der Waals surface area contributed by atoms with Crippen LogP contribution < -0.4 is 0 Å². The van der Waals surface area contributed by atoms with Gasteiger partial charge in [-0.05, 0) is 18.8 Å². The second-order valence-corrected chi connectivity index (χ2v) is 3.38. The largest absolute Gasteiger partial charge is 0.481 e. The van der Waals surface area contributed by atoms with Crippen molar-refractivity contribution in [3.8, 4) is 0 Å². The van der Waals surface area contributed by atoms with Gasteiger partial charge in [-0.25, -0.2) is 0 Å².